The van der Waals surface area contributed by atoms with Crippen LogP contribution in [0.5, 0.6) is 5.75 Å². The molecule has 1 aromatic rings. The minimum atomic E-state index is -3.43. The lowest BCUT2D eigenvalue weighted by atomic mass is 10.1. The summed E-state index contributed by atoms with van der Waals surface area (Å²) in [7, 11) is -3.43. The zero-order valence-corrected chi connectivity index (χ0v) is 13.3. The first-order valence-electron chi connectivity index (χ1n) is 7.21. The van der Waals surface area contributed by atoms with Crippen molar-refractivity contribution in [1.82, 2.24) is 4.31 Å². The Labute approximate surface area is 121 Å². The molecule has 20 heavy (non-hydrogen) atoms. The Hall–Kier alpha value is -1.07. The number of hydrogen-bond acceptors (Lipinski definition) is 3. The highest BCUT2D eigenvalue weighted by atomic mass is 32.2. The summed E-state index contributed by atoms with van der Waals surface area (Å²) in [6.45, 7) is 7.67. The van der Waals surface area contributed by atoms with Crippen LogP contribution in [0.4, 0.5) is 0 Å². The van der Waals surface area contributed by atoms with E-state index < -0.39 is 10.0 Å². The average Bonchev–Trinajstić information content (AvgIpc) is 2.94. The molecule has 0 N–H and O–H groups in total. The van der Waals surface area contributed by atoms with E-state index in [0.29, 0.717) is 30.3 Å². The van der Waals surface area contributed by atoms with Crippen LogP contribution in [-0.2, 0) is 10.0 Å². The van der Waals surface area contributed by atoms with E-state index >= 15 is 0 Å². The van der Waals surface area contributed by atoms with E-state index in [0.717, 1.165) is 30.4 Å². The van der Waals surface area contributed by atoms with Gasteiger partial charge in [-0.25, -0.2) is 8.42 Å². The molecule has 0 spiro atoms. The monoisotopic (exact) mass is 297 g/mol. The molecule has 1 saturated heterocycles. The fraction of sp³-hybridized carbons (Fsp3) is 0.600. The van der Waals surface area contributed by atoms with E-state index in [1.807, 2.05) is 26.8 Å². The normalized spacial score (nSPS) is 16.6. The largest absolute Gasteiger partial charge is 0.492 e. The van der Waals surface area contributed by atoms with Crippen molar-refractivity contribution in [3.05, 3.63) is 23.3 Å². The summed E-state index contributed by atoms with van der Waals surface area (Å²) >= 11 is 0. The number of hydrogen-bond donors (Lipinski definition) is 0. The van der Waals surface area contributed by atoms with Gasteiger partial charge < -0.3 is 4.74 Å². The Morgan fingerprint density at radius 1 is 1.15 bits per heavy atom. The maximum absolute atomic E-state index is 12.7. The Morgan fingerprint density at radius 2 is 1.75 bits per heavy atom. The molecule has 2 rings (SSSR count). The summed E-state index contributed by atoms with van der Waals surface area (Å²) in [6.07, 6.45) is 2.74. The van der Waals surface area contributed by atoms with E-state index in [4.69, 9.17) is 4.74 Å². The maximum Gasteiger partial charge on any atom is 0.246 e. The minimum absolute atomic E-state index is 0.316. The van der Waals surface area contributed by atoms with E-state index in [-0.39, 0.29) is 0 Å². The van der Waals surface area contributed by atoms with Gasteiger partial charge in [-0.2, -0.15) is 4.31 Å². The van der Waals surface area contributed by atoms with Gasteiger partial charge in [0.25, 0.3) is 0 Å². The molecule has 0 atom stereocenters. The van der Waals surface area contributed by atoms with Gasteiger partial charge in [0.05, 0.1) is 6.61 Å². The topological polar surface area (TPSA) is 46.6 Å². The Balaban J connectivity index is 2.45. The number of sulfonamides is 1. The lowest BCUT2D eigenvalue weighted by Crippen LogP contribution is -2.28. The standard InChI is InChI=1S/C15H23NO3S/c1-4-9-19-14-10-12(2)13(3)11-15(14)20(17,18)16-7-5-6-8-16/h10-11H,4-9H2,1-3H3. The molecule has 1 aliphatic rings. The lowest BCUT2D eigenvalue weighted by Gasteiger charge is -2.19. The fourth-order valence-electron chi connectivity index (χ4n) is 2.36. The van der Waals surface area contributed by atoms with E-state index in [9.17, 15) is 8.42 Å². The molecule has 0 bridgehead atoms. The molecular formula is C15H23NO3S. The number of benzene rings is 1. The quantitative estimate of drug-likeness (QED) is 0.839. The fourth-order valence-corrected chi connectivity index (χ4v) is 4.07. The highest BCUT2D eigenvalue weighted by molar-refractivity contribution is 7.89. The summed E-state index contributed by atoms with van der Waals surface area (Å²) in [4.78, 5) is 0.316. The average molecular weight is 297 g/mol. The third-order valence-corrected chi connectivity index (χ3v) is 5.62. The summed E-state index contributed by atoms with van der Waals surface area (Å²) in [5.41, 5.74) is 2.03. The third-order valence-electron chi connectivity index (χ3n) is 3.70. The van der Waals surface area contributed by atoms with Gasteiger partial charge >= 0.3 is 0 Å². The highest BCUT2D eigenvalue weighted by Gasteiger charge is 2.30. The number of nitrogens with zero attached hydrogens (tertiary/aromatic N) is 1. The van der Waals surface area contributed by atoms with Crippen molar-refractivity contribution in [3.8, 4) is 5.75 Å². The molecule has 5 heteroatoms. The molecular weight excluding hydrogens is 274 g/mol. The van der Waals surface area contributed by atoms with Crippen molar-refractivity contribution < 1.29 is 13.2 Å². The van der Waals surface area contributed by atoms with Gasteiger partial charge in [0, 0.05) is 13.1 Å². The van der Waals surface area contributed by atoms with Crippen LogP contribution in [0.1, 0.15) is 37.3 Å². The SMILES string of the molecule is CCCOc1cc(C)c(C)cc1S(=O)(=O)N1CCCC1. The van der Waals surface area contributed by atoms with Crippen LogP contribution in [0.3, 0.4) is 0 Å². The Kier molecular flexibility index (Phi) is 4.70. The Bertz CT molecular complexity index is 575. The molecule has 1 heterocycles. The maximum atomic E-state index is 12.7. The number of aryl methyl sites for hydroxylation is 2. The summed E-state index contributed by atoms with van der Waals surface area (Å²) in [6, 6.07) is 3.59. The van der Waals surface area contributed by atoms with Crippen molar-refractivity contribution in [2.24, 2.45) is 0 Å². The third kappa shape index (κ3) is 2.99. The first kappa shape index (κ1) is 15.3. The summed E-state index contributed by atoms with van der Waals surface area (Å²) in [5.74, 6) is 0.488. The van der Waals surface area contributed by atoms with Gasteiger partial charge in [-0.3, -0.25) is 0 Å². The summed E-state index contributed by atoms with van der Waals surface area (Å²) < 4.78 is 32.7. The highest BCUT2D eigenvalue weighted by Crippen LogP contribution is 2.31. The van der Waals surface area contributed by atoms with Gasteiger partial charge in [-0.15, -0.1) is 0 Å². The first-order valence-corrected chi connectivity index (χ1v) is 8.65. The second-order valence-electron chi connectivity index (χ2n) is 5.34. The van der Waals surface area contributed by atoms with E-state index in [2.05, 4.69) is 0 Å². The van der Waals surface area contributed by atoms with Crippen molar-refractivity contribution in [2.75, 3.05) is 19.7 Å². The molecule has 1 aromatic carbocycles. The van der Waals surface area contributed by atoms with Gasteiger partial charge in [-0.05, 0) is 56.4 Å². The second kappa shape index (κ2) is 6.14. The van der Waals surface area contributed by atoms with Crippen LogP contribution in [0.2, 0.25) is 0 Å². The van der Waals surface area contributed by atoms with Gasteiger partial charge in [0.1, 0.15) is 10.6 Å². The smallest absolute Gasteiger partial charge is 0.246 e. The molecule has 1 fully saturated rings. The molecule has 0 unspecified atom stereocenters. The van der Waals surface area contributed by atoms with Gasteiger partial charge in [-0.1, -0.05) is 6.92 Å². The lowest BCUT2D eigenvalue weighted by molar-refractivity contribution is 0.308. The second-order valence-corrected chi connectivity index (χ2v) is 7.25. The van der Waals surface area contributed by atoms with Crippen molar-refractivity contribution >= 4 is 10.0 Å². The predicted octanol–water partition coefficient (Wildman–Crippen LogP) is 2.88. The molecule has 0 saturated carbocycles. The first-order chi connectivity index (χ1) is 9.46. The van der Waals surface area contributed by atoms with Crippen LogP contribution in [-0.4, -0.2) is 32.4 Å². The van der Waals surface area contributed by atoms with E-state index in [1.54, 1.807) is 10.4 Å². The van der Waals surface area contributed by atoms with Crippen LogP contribution >= 0.6 is 0 Å². The molecule has 4 nitrogen and oxygen atoms in total. The zero-order chi connectivity index (χ0) is 14.8. The van der Waals surface area contributed by atoms with Crippen LogP contribution in [0, 0.1) is 13.8 Å². The predicted molar refractivity (Wildman–Crippen MR) is 79.7 cm³/mol. The molecule has 0 aromatic heterocycles. The number of rotatable bonds is 5. The van der Waals surface area contributed by atoms with Crippen LogP contribution in [0.15, 0.2) is 17.0 Å². The Morgan fingerprint density at radius 3 is 2.35 bits per heavy atom. The van der Waals surface area contributed by atoms with Crippen LogP contribution < -0.4 is 4.74 Å². The van der Waals surface area contributed by atoms with Crippen LogP contribution in [0.25, 0.3) is 0 Å². The minimum Gasteiger partial charge on any atom is -0.492 e. The van der Waals surface area contributed by atoms with Gasteiger partial charge in [0.15, 0.2) is 0 Å². The van der Waals surface area contributed by atoms with E-state index in [1.165, 1.54) is 0 Å². The zero-order valence-electron chi connectivity index (χ0n) is 12.5. The molecule has 112 valence electrons. The van der Waals surface area contributed by atoms with Crippen molar-refractivity contribution in [3.63, 3.8) is 0 Å². The van der Waals surface area contributed by atoms with Crippen molar-refractivity contribution in [2.45, 2.75) is 44.9 Å². The van der Waals surface area contributed by atoms with Gasteiger partial charge in [0.2, 0.25) is 10.0 Å². The summed E-state index contributed by atoms with van der Waals surface area (Å²) in [5, 5.41) is 0. The molecule has 0 amide bonds. The van der Waals surface area contributed by atoms with Crippen molar-refractivity contribution in [1.29, 1.82) is 0 Å². The molecule has 0 aliphatic carbocycles. The molecule has 0 radical (unpaired) electrons. The number of ether oxygens (including phenoxy) is 1. The molecule has 1 aliphatic heterocycles.